The van der Waals surface area contributed by atoms with Crippen LogP contribution in [0.25, 0.3) is 0 Å². The highest BCUT2D eigenvalue weighted by atomic mass is 16.3. The maximum absolute atomic E-state index is 13.4. The molecule has 0 radical (unpaired) electrons. The molecule has 0 bridgehead atoms. The van der Waals surface area contributed by atoms with Gasteiger partial charge in [0.1, 0.15) is 0 Å². The second-order valence-electron chi connectivity index (χ2n) is 7.11. The van der Waals surface area contributed by atoms with Crippen molar-refractivity contribution in [2.45, 2.75) is 19.1 Å². The standard InChI is InChI=1S/C24H21NO3/c1-17(22(26)19-12-6-3-7-13-19)24(28)20-14-8-9-15-21(20)25(23(24)27)16-18-10-4-2-5-11-18/h2-15,17,28H,16H2,1H3/t17-,24-/m0/s1. The van der Waals surface area contributed by atoms with E-state index in [1.807, 2.05) is 48.5 Å². The number of Topliss-reactive ketones (excluding diaryl/α,β-unsaturated/α-hetero) is 1. The SMILES string of the molecule is C[C@@H](C(=O)c1ccccc1)[C@@]1(O)C(=O)N(Cc2ccccc2)c2ccccc21. The summed E-state index contributed by atoms with van der Waals surface area (Å²) in [6.45, 7) is 1.96. The molecule has 1 N–H and O–H groups in total. The Bertz CT molecular complexity index is 1020. The minimum absolute atomic E-state index is 0.257. The van der Waals surface area contributed by atoms with Gasteiger partial charge in [0.2, 0.25) is 0 Å². The molecule has 3 aromatic carbocycles. The molecule has 0 aromatic heterocycles. The summed E-state index contributed by atoms with van der Waals surface area (Å²) in [4.78, 5) is 28.0. The topological polar surface area (TPSA) is 57.6 Å². The molecule has 0 fully saturated rings. The molecule has 3 aromatic rings. The summed E-state index contributed by atoms with van der Waals surface area (Å²) in [7, 11) is 0. The number of benzene rings is 3. The zero-order chi connectivity index (χ0) is 19.7. The van der Waals surface area contributed by atoms with Gasteiger partial charge in [0, 0.05) is 11.1 Å². The molecule has 4 nitrogen and oxygen atoms in total. The largest absolute Gasteiger partial charge is 0.375 e. The van der Waals surface area contributed by atoms with Crippen LogP contribution < -0.4 is 4.90 Å². The zero-order valence-corrected chi connectivity index (χ0v) is 15.6. The first-order chi connectivity index (χ1) is 13.5. The summed E-state index contributed by atoms with van der Waals surface area (Å²) in [5.41, 5.74) is 0.671. The molecule has 1 aliphatic rings. The van der Waals surface area contributed by atoms with Gasteiger partial charge in [-0.3, -0.25) is 9.59 Å². The van der Waals surface area contributed by atoms with Gasteiger partial charge >= 0.3 is 0 Å². The average molecular weight is 371 g/mol. The van der Waals surface area contributed by atoms with Crippen LogP contribution in [0.15, 0.2) is 84.9 Å². The lowest BCUT2D eigenvalue weighted by Crippen LogP contribution is -2.47. The Morgan fingerprint density at radius 3 is 2.18 bits per heavy atom. The van der Waals surface area contributed by atoms with E-state index in [9.17, 15) is 14.7 Å². The lowest BCUT2D eigenvalue weighted by Gasteiger charge is -2.28. The first-order valence-corrected chi connectivity index (χ1v) is 9.30. The normalized spacial score (nSPS) is 19.4. The Labute approximate surface area is 164 Å². The molecular formula is C24H21NO3. The first-order valence-electron chi connectivity index (χ1n) is 9.30. The van der Waals surface area contributed by atoms with Crippen molar-refractivity contribution in [3.63, 3.8) is 0 Å². The Balaban J connectivity index is 1.74. The number of hydrogen-bond acceptors (Lipinski definition) is 3. The van der Waals surface area contributed by atoms with E-state index in [0.717, 1.165) is 5.56 Å². The number of nitrogens with zero attached hydrogens (tertiary/aromatic N) is 1. The van der Waals surface area contributed by atoms with Crippen molar-refractivity contribution in [1.29, 1.82) is 0 Å². The van der Waals surface area contributed by atoms with E-state index in [-0.39, 0.29) is 5.78 Å². The summed E-state index contributed by atoms with van der Waals surface area (Å²) in [6.07, 6.45) is 0. The third-order valence-corrected chi connectivity index (χ3v) is 5.44. The number of para-hydroxylation sites is 1. The molecule has 0 unspecified atom stereocenters. The lowest BCUT2D eigenvalue weighted by atomic mass is 9.79. The molecular weight excluding hydrogens is 350 g/mol. The van der Waals surface area contributed by atoms with Crippen LogP contribution in [-0.2, 0) is 16.9 Å². The fourth-order valence-corrected chi connectivity index (χ4v) is 3.85. The van der Waals surface area contributed by atoms with Gasteiger partial charge in [0.25, 0.3) is 5.91 Å². The molecule has 1 heterocycles. The monoisotopic (exact) mass is 371 g/mol. The molecule has 1 amide bonds. The van der Waals surface area contributed by atoms with Crippen molar-refractivity contribution in [2.24, 2.45) is 5.92 Å². The van der Waals surface area contributed by atoms with Gasteiger partial charge in [-0.15, -0.1) is 0 Å². The third kappa shape index (κ3) is 2.83. The van der Waals surface area contributed by atoms with Crippen molar-refractivity contribution in [3.8, 4) is 0 Å². The van der Waals surface area contributed by atoms with Crippen LogP contribution in [-0.4, -0.2) is 16.8 Å². The minimum atomic E-state index is -1.89. The summed E-state index contributed by atoms with van der Waals surface area (Å²) >= 11 is 0. The van der Waals surface area contributed by atoms with Gasteiger partial charge in [0.15, 0.2) is 11.4 Å². The van der Waals surface area contributed by atoms with E-state index in [0.29, 0.717) is 23.4 Å². The molecule has 0 aliphatic carbocycles. The highest BCUT2D eigenvalue weighted by Gasteiger charge is 2.55. The quantitative estimate of drug-likeness (QED) is 0.691. The Morgan fingerprint density at radius 1 is 0.929 bits per heavy atom. The van der Waals surface area contributed by atoms with Crippen LogP contribution in [0.5, 0.6) is 0 Å². The Morgan fingerprint density at radius 2 is 1.50 bits per heavy atom. The van der Waals surface area contributed by atoms with Gasteiger partial charge in [0.05, 0.1) is 18.2 Å². The van der Waals surface area contributed by atoms with Gasteiger partial charge in [-0.05, 0) is 11.6 Å². The summed E-state index contributed by atoms with van der Waals surface area (Å²) in [5, 5.41) is 11.5. The van der Waals surface area contributed by atoms with E-state index in [1.165, 1.54) is 0 Å². The predicted octanol–water partition coefficient (Wildman–Crippen LogP) is 3.94. The lowest BCUT2D eigenvalue weighted by molar-refractivity contribution is -0.139. The minimum Gasteiger partial charge on any atom is -0.375 e. The van der Waals surface area contributed by atoms with Crippen molar-refractivity contribution < 1.29 is 14.7 Å². The van der Waals surface area contributed by atoms with Crippen molar-refractivity contribution >= 4 is 17.4 Å². The maximum atomic E-state index is 13.4. The molecule has 140 valence electrons. The number of amides is 1. The number of fused-ring (bicyclic) bond motifs is 1. The molecule has 0 saturated carbocycles. The van der Waals surface area contributed by atoms with Crippen molar-refractivity contribution in [2.75, 3.05) is 4.90 Å². The van der Waals surface area contributed by atoms with E-state index < -0.39 is 17.4 Å². The number of aliphatic hydroxyl groups is 1. The number of rotatable bonds is 5. The highest BCUT2D eigenvalue weighted by Crippen LogP contribution is 2.46. The van der Waals surface area contributed by atoms with Crippen LogP contribution in [0, 0.1) is 5.92 Å². The molecule has 0 spiro atoms. The van der Waals surface area contributed by atoms with Crippen LogP contribution >= 0.6 is 0 Å². The average Bonchev–Trinajstić information content (AvgIpc) is 2.97. The van der Waals surface area contributed by atoms with Crippen molar-refractivity contribution in [3.05, 3.63) is 102 Å². The Kier molecular flexibility index (Phi) is 4.57. The highest BCUT2D eigenvalue weighted by molar-refractivity contribution is 6.11. The van der Waals surface area contributed by atoms with Crippen LogP contribution in [0.1, 0.15) is 28.4 Å². The van der Waals surface area contributed by atoms with Gasteiger partial charge in [-0.1, -0.05) is 85.8 Å². The fraction of sp³-hybridized carbons (Fsp3) is 0.167. The van der Waals surface area contributed by atoms with Gasteiger partial charge < -0.3 is 10.0 Å². The third-order valence-electron chi connectivity index (χ3n) is 5.44. The van der Waals surface area contributed by atoms with E-state index in [4.69, 9.17) is 0 Å². The summed E-state index contributed by atoms with van der Waals surface area (Å²) in [6, 6.07) is 25.6. The number of carbonyl (C=O) groups excluding carboxylic acids is 2. The zero-order valence-electron chi connectivity index (χ0n) is 15.6. The summed E-state index contributed by atoms with van der Waals surface area (Å²) < 4.78 is 0. The van der Waals surface area contributed by atoms with E-state index in [1.54, 1.807) is 48.2 Å². The second-order valence-corrected chi connectivity index (χ2v) is 7.11. The number of ketones is 1. The van der Waals surface area contributed by atoms with Gasteiger partial charge in [-0.25, -0.2) is 0 Å². The summed E-state index contributed by atoms with van der Waals surface area (Å²) in [5.74, 6) is -1.63. The number of anilines is 1. The molecule has 1 aliphatic heterocycles. The van der Waals surface area contributed by atoms with Crippen molar-refractivity contribution in [1.82, 2.24) is 0 Å². The maximum Gasteiger partial charge on any atom is 0.264 e. The van der Waals surface area contributed by atoms with Gasteiger partial charge in [-0.2, -0.15) is 0 Å². The van der Waals surface area contributed by atoms with Crippen LogP contribution in [0.3, 0.4) is 0 Å². The number of carbonyl (C=O) groups is 2. The molecule has 28 heavy (non-hydrogen) atoms. The molecule has 4 heteroatoms. The second kappa shape index (κ2) is 7.06. The first kappa shape index (κ1) is 18.1. The molecule has 2 atom stereocenters. The van der Waals surface area contributed by atoms with Crippen LogP contribution in [0.2, 0.25) is 0 Å². The Hall–Kier alpha value is -3.24. The van der Waals surface area contributed by atoms with Crippen LogP contribution in [0.4, 0.5) is 5.69 Å². The molecule has 0 saturated heterocycles. The van der Waals surface area contributed by atoms with E-state index >= 15 is 0 Å². The van der Waals surface area contributed by atoms with E-state index in [2.05, 4.69) is 0 Å². The predicted molar refractivity (Wildman–Crippen MR) is 108 cm³/mol. The number of hydrogen-bond donors (Lipinski definition) is 1. The smallest absolute Gasteiger partial charge is 0.264 e. The molecule has 4 rings (SSSR count). The fourth-order valence-electron chi connectivity index (χ4n) is 3.85.